The summed E-state index contributed by atoms with van der Waals surface area (Å²) in [6.45, 7) is 0.276. The molecule has 0 radical (unpaired) electrons. The van der Waals surface area contributed by atoms with Crippen LogP contribution in [0, 0.1) is 0 Å². The lowest BCUT2D eigenvalue weighted by atomic mass is 10.2. The molecule has 1 fully saturated rings. The van der Waals surface area contributed by atoms with Crippen molar-refractivity contribution in [3.63, 3.8) is 0 Å². The van der Waals surface area contributed by atoms with Crippen LogP contribution in [0.4, 0.5) is 10.8 Å². The Morgan fingerprint density at radius 2 is 1.88 bits per heavy atom. The summed E-state index contributed by atoms with van der Waals surface area (Å²) in [7, 11) is 0. The summed E-state index contributed by atoms with van der Waals surface area (Å²) in [6, 6.07) is 17.3. The second-order valence-electron chi connectivity index (χ2n) is 7.39. The van der Waals surface area contributed by atoms with Crippen LogP contribution in [0.1, 0.15) is 18.7 Å². The summed E-state index contributed by atoms with van der Waals surface area (Å²) in [5, 5.41) is 21.0. The fraction of sp³-hybridized carbons (Fsp3) is 0.227. The first kappa shape index (κ1) is 21.9. The molecule has 1 N–H and O–H groups in total. The van der Waals surface area contributed by atoms with Gasteiger partial charge >= 0.3 is 0 Å². The number of para-hydroxylation sites is 1. The molecule has 168 valence electrons. The summed E-state index contributed by atoms with van der Waals surface area (Å²) < 4.78 is 6.53. The molecule has 0 saturated heterocycles. The normalized spacial score (nSPS) is 13.1. The first-order valence-corrected chi connectivity index (χ1v) is 12.5. The Morgan fingerprint density at radius 1 is 1.09 bits per heavy atom. The van der Waals surface area contributed by atoms with Gasteiger partial charge < -0.3 is 14.6 Å². The maximum Gasteiger partial charge on any atom is 0.249 e. The van der Waals surface area contributed by atoms with E-state index in [1.807, 2.05) is 48.5 Å². The maximum absolute atomic E-state index is 13.0. The van der Waals surface area contributed by atoms with Gasteiger partial charge in [-0.25, -0.2) is 0 Å². The first-order chi connectivity index (χ1) is 16.2. The standard InChI is InChI=1S/C22H19ClN6O2S2/c23-17-9-5-4-8-16(17)20-26-25-18(31-20)12-29(15-10-11-15)19(30)13-32-22-28-27-21(33-22)24-14-6-2-1-3-7-14/h1-9,15H,10-13H2,(H,24,27). The van der Waals surface area contributed by atoms with Gasteiger partial charge in [-0.3, -0.25) is 4.79 Å². The van der Waals surface area contributed by atoms with Crippen molar-refractivity contribution in [3.8, 4) is 11.5 Å². The number of aromatic nitrogens is 4. The second-order valence-corrected chi connectivity index (χ2v) is 9.99. The Balaban J connectivity index is 1.19. The smallest absolute Gasteiger partial charge is 0.249 e. The number of hydrogen-bond donors (Lipinski definition) is 1. The monoisotopic (exact) mass is 498 g/mol. The molecule has 2 aromatic heterocycles. The number of amides is 1. The summed E-state index contributed by atoms with van der Waals surface area (Å²) in [5.74, 6) is 1.01. The van der Waals surface area contributed by atoms with Crippen LogP contribution in [0.25, 0.3) is 11.5 Å². The number of rotatable bonds is 9. The molecule has 0 bridgehead atoms. The molecule has 4 aromatic rings. The molecule has 2 aromatic carbocycles. The molecule has 1 saturated carbocycles. The molecular formula is C22H19ClN6O2S2. The Bertz CT molecular complexity index is 1240. The highest BCUT2D eigenvalue weighted by Crippen LogP contribution is 2.32. The lowest BCUT2D eigenvalue weighted by molar-refractivity contribution is -0.129. The van der Waals surface area contributed by atoms with Gasteiger partial charge in [0.05, 0.1) is 22.9 Å². The number of hydrogen-bond acceptors (Lipinski definition) is 9. The summed E-state index contributed by atoms with van der Waals surface area (Å²) >= 11 is 9.02. The van der Waals surface area contributed by atoms with Gasteiger partial charge in [0, 0.05) is 11.7 Å². The van der Waals surface area contributed by atoms with Gasteiger partial charge in [0.15, 0.2) is 4.34 Å². The van der Waals surface area contributed by atoms with E-state index in [2.05, 4.69) is 25.7 Å². The van der Waals surface area contributed by atoms with Crippen molar-refractivity contribution >= 4 is 51.4 Å². The fourth-order valence-corrected chi connectivity index (χ4v) is 5.06. The zero-order valence-corrected chi connectivity index (χ0v) is 19.7. The predicted octanol–water partition coefficient (Wildman–Crippen LogP) is 5.27. The molecule has 0 atom stereocenters. The molecule has 33 heavy (non-hydrogen) atoms. The third kappa shape index (κ3) is 5.52. The average Bonchev–Trinajstić information content (AvgIpc) is 3.40. The van der Waals surface area contributed by atoms with Crippen LogP contribution < -0.4 is 5.32 Å². The van der Waals surface area contributed by atoms with Crippen molar-refractivity contribution in [1.29, 1.82) is 0 Å². The van der Waals surface area contributed by atoms with Crippen molar-refractivity contribution in [2.75, 3.05) is 11.1 Å². The molecule has 1 aliphatic carbocycles. The predicted molar refractivity (Wildman–Crippen MR) is 129 cm³/mol. The molecule has 0 aliphatic heterocycles. The van der Waals surface area contributed by atoms with Crippen molar-refractivity contribution in [3.05, 3.63) is 65.5 Å². The van der Waals surface area contributed by atoms with Crippen molar-refractivity contribution in [2.45, 2.75) is 29.8 Å². The van der Waals surface area contributed by atoms with Crippen LogP contribution in [-0.4, -0.2) is 43.0 Å². The number of halogens is 1. The quantitative estimate of drug-likeness (QED) is 0.312. The SMILES string of the molecule is O=C(CSc1nnc(Nc2ccccc2)s1)N(Cc1nnc(-c2ccccc2Cl)o1)C1CC1. The van der Waals surface area contributed by atoms with E-state index in [0.29, 0.717) is 27.5 Å². The largest absolute Gasteiger partial charge is 0.419 e. The van der Waals surface area contributed by atoms with Crippen molar-refractivity contribution in [2.24, 2.45) is 0 Å². The first-order valence-electron chi connectivity index (χ1n) is 10.3. The van der Waals surface area contributed by atoms with Gasteiger partial charge in [0.25, 0.3) is 0 Å². The number of thioether (sulfide) groups is 1. The van der Waals surface area contributed by atoms with Gasteiger partial charge in [-0.05, 0) is 37.1 Å². The molecule has 5 rings (SSSR count). The minimum atomic E-state index is 0.00719. The number of nitrogens with one attached hydrogen (secondary N) is 1. The zero-order valence-electron chi connectivity index (χ0n) is 17.3. The number of nitrogens with zero attached hydrogens (tertiary/aromatic N) is 5. The Kier molecular flexibility index (Phi) is 6.56. The van der Waals surface area contributed by atoms with E-state index in [0.717, 1.165) is 22.9 Å². The molecule has 0 unspecified atom stereocenters. The van der Waals surface area contributed by atoms with E-state index < -0.39 is 0 Å². The van der Waals surface area contributed by atoms with E-state index in [1.165, 1.54) is 23.1 Å². The van der Waals surface area contributed by atoms with Crippen LogP contribution in [0.2, 0.25) is 5.02 Å². The Labute approximate surface area is 203 Å². The Morgan fingerprint density at radius 3 is 2.67 bits per heavy atom. The highest BCUT2D eigenvalue weighted by Gasteiger charge is 2.33. The maximum atomic E-state index is 13.0. The van der Waals surface area contributed by atoms with Crippen LogP contribution in [-0.2, 0) is 11.3 Å². The molecule has 0 spiro atoms. The van der Waals surface area contributed by atoms with Crippen LogP contribution >= 0.6 is 34.7 Å². The minimum absolute atomic E-state index is 0.00719. The van der Waals surface area contributed by atoms with Gasteiger partial charge in [0.2, 0.25) is 22.8 Å². The summed E-state index contributed by atoms with van der Waals surface area (Å²) in [5.41, 5.74) is 1.62. The van der Waals surface area contributed by atoms with Gasteiger partial charge in [-0.1, -0.05) is 65.0 Å². The summed E-state index contributed by atoms with van der Waals surface area (Å²) in [4.78, 5) is 14.8. The molecule has 11 heteroatoms. The second kappa shape index (κ2) is 9.90. The average molecular weight is 499 g/mol. The molecular weight excluding hydrogens is 480 g/mol. The van der Waals surface area contributed by atoms with E-state index in [1.54, 1.807) is 11.0 Å². The number of carbonyl (C=O) groups is 1. The van der Waals surface area contributed by atoms with Crippen LogP contribution in [0.5, 0.6) is 0 Å². The number of carbonyl (C=O) groups excluding carboxylic acids is 1. The highest BCUT2D eigenvalue weighted by molar-refractivity contribution is 8.01. The van der Waals surface area contributed by atoms with E-state index in [-0.39, 0.29) is 24.2 Å². The van der Waals surface area contributed by atoms with Gasteiger partial charge in [0.1, 0.15) is 0 Å². The molecule has 1 amide bonds. The fourth-order valence-electron chi connectivity index (χ4n) is 3.18. The highest BCUT2D eigenvalue weighted by atomic mass is 35.5. The molecule has 2 heterocycles. The summed E-state index contributed by atoms with van der Waals surface area (Å²) in [6.07, 6.45) is 1.96. The van der Waals surface area contributed by atoms with Gasteiger partial charge in [-0.15, -0.1) is 20.4 Å². The topological polar surface area (TPSA) is 97.0 Å². The lowest BCUT2D eigenvalue weighted by Crippen LogP contribution is -2.34. The molecule has 1 aliphatic rings. The van der Waals surface area contributed by atoms with Crippen molar-refractivity contribution in [1.82, 2.24) is 25.3 Å². The number of anilines is 2. The zero-order chi connectivity index (χ0) is 22.6. The third-order valence-corrected chi connectivity index (χ3v) is 7.22. The Hall–Kier alpha value is -2.95. The van der Waals surface area contributed by atoms with Crippen LogP contribution in [0.3, 0.4) is 0 Å². The van der Waals surface area contributed by atoms with Crippen LogP contribution in [0.15, 0.2) is 63.4 Å². The van der Waals surface area contributed by atoms with Crippen molar-refractivity contribution < 1.29 is 9.21 Å². The lowest BCUT2D eigenvalue weighted by Gasteiger charge is -2.20. The van der Waals surface area contributed by atoms with E-state index >= 15 is 0 Å². The van der Waals surface area contributed by atoms with E-state index in [4.69, 9.17) is 16.0 Å². The molecule has 8 nitrogen and oxygen atoms in total. The number of benzene rings is 2. The van der Waals surface area contributed by atoms with Gasteiger partial charge in [-0.2, -0.15) is 0 Å². The van der Waals surface area contributed by atoms with E-state index in [9.17, 15) is 4.79 Å². The minimum Gasteiger partial charge on any atom is -0.419 e. The third-order valence-electron chi connectivity index (χ3n) is 4.94.